The molecule has 0 fully saturated rings. The van der Waals surface area contributed by atoms with Gasteiger partial charge in [0.1, 0.15) is 14.6 Å². The zero-order valence-corrected chi connectivity index (χ0v) is 15.0. The molecule has 0 amide bonds. The van der Waals surface area contributed by atoms with Crippen LogP contribution in [0, 0.1) is 0 Å². The van der Waals surface area contributed by atoms with E-state index in [4.69, 9.17) is 0 Å². The van der Waals surface area contributed by atoms with E-state index in [0.717, 1.165) is 0 Å². The first-order chi connectivity index (χ1) is 7.35. The highest BCUT2D eigenvalue weighted by Crippen LogP contribution is 2.16. The van der Waals surface area contributed by atoms with Gasteiger partial charge in [-0.05, 0) is 6.92 Å². The summed E-state index contributed by atoms with van der Waals surface area (Å²) in [5, 5.41) is 0. The van der Waals surface area contributed by atoms with Crippen molar-refractivity contribution in [1.82, 2.24) is 0 Å². The van der Waals surface area contributed by atoms with Crippen molar-refractivity contribution >= 4 is 8.07 Å². The van der Waals surface area contributed by atoms with Gasteiger partial charge in [0.25, 0.3) is 0 Å². The normalized spacial score (nSPS) is 14.9. The topological polar surface area (TPSA) is 0 Å². The summed E-state index contributed by atoms with van der Waals surface area (Å²) in [6.45, 7) is 12.1. The van der Waals surface area contributed by atoms with Crippen molar-refractivity contribution in [2.24, 2.45) is 0 Å². The molecule has 0 aromatic heterocycles. The Hall–Kier alpha value is 0.127. The van der Waals surface area contributed by atoms with Gasteiger partial charge in [0.2, 0.25) is 0 Å². The van der Waals surface area contributed by atoms with Gasteiger partial charge in [-0.1, -0.05) is 50.0 Å². The van der Waals surface area contributed by atoms with Crippen molar-refractivity contribution in [3.8, 4) is 0 Å². The molecule has 0 bridgehead atoms. The van der Waals surface area contributed by atoms with E-state index in [0.29, 0.717) is 0 Å². The third kappa shape index (κ3) is 6.57. The van der Waals surface area contributed by atoms with Crippen LogP contribution in [0.5, 0.6) is 0 Å². The Labute approximate surface area is 125 Å². The third-order valence-corrected chi connectivity index (χ3v) is 4.74. The molecule has 0 spiro atoms. The fourth-order valence-corrected chi connectivity index (χ4v) is 5.07. The van der Waals surface area contributed by atoms with Crippen molar-refractivity contribution in [3.63, 3.8) is 0 Å². The molecule has 0 aliphatic rings. The number of rotatable bonds is 5. The van der Waals surface area contributed by atoms with E-state index in [1.54, 1.807) is 0 Å². The van der Waals surface area contributed by atoms with Crippen LogP contribution in [-0.4, -0.2) is 32.3 Å². The highest BCUT2D eigenvalue weighted by molar-refractivity contribution is 6.75. The summed E-state index contributed by atoms with van der Waals surface area (Å²) in [5.41, 5.74) is 1.46. The second kappa shape index (κ2) is 6.90. The van der Waals surface area contributed by atoms with E-state index in [9.17, 15) is 0 Å². The molecule has 0 aliphatic carbocycles. The summed E-state index contributed by atoms with van der Waals surface area (Å²) in [4.78, 5) is 0. The number of nitrogens with zero attached hydrogens (tertiary/aromatic N) is 1. The maximum Gasteiger partial charge on any atom is 0.110 e. The monoisotopic (exact) mass is 363 g/mol. The zero-order chi connectivity index (χ0) is 12.2. The fourth-order valence-electron chi connectivity index (χ4n) is 2.45. The lowest BCUT2D eigenvalue weighted by atomic mass is 10.2. The van der Waals surface area contributed by atoms with Crippen molar-refractivity contribution in [3.05, 3.63) is 35.9 Å². The Morgan fingerprint density at radius 3 is 2.00 bits per heavy atom. The number of hydrogen-bond donors (Lipinski definition) is 0. The van der Waals surface area contributed by atoms with Crippen LogP contribution in [0.15, 0.2) is 30.3 Å². The Morgan fingerprint density at radius 1 is 1.06 bits per heavy atom. The molecular formula is C14H26INSi. The molecule has 3 heteroatoms. The molecule has 0 aliphatic heterocycles. The second-order valence-corrected chi connectivity index (χ2v) is 11.7. The minimum atomic E-state index is -0.995. The van der Waals surface area contributed by atoms with Crippen LogP contribution in [0.4, 0.5) is 0 Å². The van der Waals surface area contributed by atoms with Crippen LogP contribution in [0.25, 0.3) is 0 Å². The first-order valence-electron chi connectivity index (χ1n) is 6.22. The Balaban J connectivity index is 0.00000256. The Bertz CT molecular complexity index is 321. The van der Waals surface area contributed by atoms with Gasteiger partial charge in [-0.2, -0.15) is 0 Å². The lowest BCUT2D eigenvalue weighted by molar-refractivity contribution is -0.911. The number of benzene rings is 1. The van der Waals surface area contributed by atoms with E-state index < -0.39 is 8.07 Å². The van der Waals surface area contributed by atoms with Crippen LogP contribution < -0.4 is 24.0 Å². The molecule has 0 saturated carbocycles. The van der Waals surface area contributed by atoms with Gasteiger partial charge in [0.15, 0.2) is 0 Å². The molecule has 17 heavy (non-hydrogen) atoms. The SMILES string of the molecule is CC[N+](C)(Cc1ccccc1)C[Si](C)(C)C.[I-]. The number of quaternary nitrogens is 1. The fraction of sp³-hybridized carbons (Fsp3) is 0.571. The van der Waals surface area contributed by atoms with Crippen molar-refractivity contribution in [1.29, 1.82) is 0 Å². The first kappa shape index (κ1) is 17.1. The molecule has 1 nitrogen and oxygen atoms in total. The molecule has 0 heterocycles. The molecule has 0 radical (unpaired) electrons. The van der Waals surface area contributed by atoms with E-state index >= 15 is 0 Å². The van der Waals surface area contributed by atoms with Crippen LogP contribution in [-0.2, 0) is 6.54 Å². The van der Waals surface area contributed by atoms with Gasteiger partial charge in [0.05, 0.1) is 19.8 Å². The summed E-state index contributed by atoms with van der Waals surface area (Å²) < 4.78 is 1.18. The number of hydrogen-bond acceptors (Lipinski definition) is 0. The van der Waals surface area contributed by atoms with Gasteiger partial charge >= 0.3 is 0 Å². The minimum absolute atomic E-state index is 0. The second-order valence-electron chi connectivity index (χ2n) is 6.30. The standard InChI is InChI=1S/C14H26NSi.HI/c1-6-15(2,13-16(3,4)5)12-14-10-8-7-9-11-14;/h7-11H,6,12-13H2,1-5H3;1H/q+1;/p-1. The van der Waals surface area contributed by atoms with Gasteiger partial charge in [-0.3, -0.25) is 0 Å². The maximum absolute atomic E-state index is 2.46. The van der Waals surface area contributed by atoms with Crippen molar-refractivity contribution < 1.29 is 28.5 Å². The predicted molar refractivity (Wildman–Crippen MR) is 75.1 cm³/mol. The summed E-state index contributed by atoms with van der Waals surface area (Å²) in [6, 6.07) is 10.9. The minimum Gasteiger partial charge on any atom is -1.00 e. The van der Waals surface area contributed by atoms with Crippen LogP contribution >= 0.6 is 0 Å². The largest absolute Gasteiger partial charge is 1.00 e. The van der Waals surface area contributed by atoms with Gasteiger partial charge in [0, 0.05) is 5.56 Å². The molecular weight excluding hydrogens is 337 g/mol. The first-order valence-corrected chi connectivity index (χ1v) is 9.93. The van der Waals surface area contributed by atoms with Crippen molar-refractivity contribution in [2.45, 2.75) is 33.1 Å². The van der Waals surface area contributed by atoms with Gasteiger partial charge in [-0.25, -0.2) is 0 Å². The summed E-state index contributed by atoms with van der Waals surface area (Å²) in [6.07, 6.45) is 1.36. The Kier molecular flexibility index (Phi) is 6.95. The molecule has 0 saturated heterocycles. The average molecular weight is 363 g/mol. The molecule has 1 unspecified atom stereocenters. The molecule has 1 aromatic carbocycles. The summed E-state index contributed by atoms with van der Waals surface area (Å²) in [5.74, 6) is 0. The highest BCUT2D eigenvalue weighted by atomic mass is 127. The van der Waals surface area contributed by atoms with E-state index in [-0.39, 0.29) is 24.0 Å². The van der Waals surface area contributed by atoms with Gasteiger partial charge < -0.3 is 28.5 Å². The summed E-state index contributed by atoms with van der Waals surface area (Å²) in [7, 11) is 1.40. The maximum atomic E-state index is 2.46. The zero-order valence-electron chi connectivity index (χ0n) is 11.8. The average Bonchev–Trinajstić information content (AvgIpc) is 2.16. The van der Waals surface area contributed by atoms with Crippen LogP contribution in [0.3, 0.4) is 0 Å². The smallest absolute Gasteiger partial charge is 0.110 e. The summed E-state index contributed by atoms with van der Waals surface area (Å²) >= 11 is 0. The molecule has 1 rings (SSSR count). The lowest BCUT2D eigenvalue weighted by Gasteiger charge is -2.38. The van der Waals surface area contributed by atoms with Crippen LogP contribution in [0.1, 0.15) is 12.5 Å². The highest BCUT2D eigenvalue weighted by Gasteiger charge is 2.28. The van der Waals surface area contributed by atoms with Crippen molar-refractivity contribution in [2.75, 3.05) is 19.8 Å². The third-order valence-electron chi connectivity index (χ3n) is 3.03. The van der Waals surface area contributed by atoms with Crippen LogP contribution in [0.2, 0.25) is 19.6 Å². The Morgan fingerprint density at radius 2 is 1.59 bits per heavy atom. The molecule has 0 N–H and O–H groups in total. The molecule has 98 valence electrons. The number of halogens is 1. The van der Waals surface area contributed by atoms with E-state index in [1.807, 2.05) is 0 Å². The molecule has 1 atom stereocenters. The quantitative estimate of drug-likeness (QED) is 0.407. The van der Waals surface area contributed by atoms with E-state index in [1.165, 1.54) is 29.3 Å². The van der Waals surface area contributed by atoms with Gasteiger partial charge in [-0.15, -0.1) is 0 Å². The van der Waals surface area contributed by atoms with E-state index in [2.05, 4.69) is 63.9 Å². The lowest BCUT2D eigenvalue weighted by Crippen LogP contribution is -3.00. The predicted octanol–water partition coefficient (Wildman–Crippen LogP) is 0.535. The molecule has 1 aromatic rings.